The Kier molecular flexibility index (Phi) is 3.65. The van der Waals surface area contributed by atoms with E-state index in [0.29, 0.717) is 0 Å². The first kappa shape index (κ1) is 12.3. The molecule has 88 valence electrons. The largest absolute Gasteiger partial charge is 0.384 e. The van der Waals surface area contributed by atoms with Gasteiger partial charge in [-0.25, -0.2) is 0 Å². The molecular weight excluding hydrogens is 276 g/mol. The topological polar surface area (TPSA) is 20.2 Å². The van der Waals surface area contributed by atoms with Gasteiger partial charge in [-0.05, 0) is 42.7 Å². The molecule has 0 aliphatic heterocycles. The van der Waals surface area contributed by atoms with Gasteiger partial charge in [-0.1, -0.05) is 51.8 Å². The summed E-state index contributed by atoms with van der Waals surface area (Å²) in [7, 11) is 0. The second-order valence-electron chi connectivity index (χ2n) is 4.32. The SMILES string of the molecule is Cc1ccc(C)c([C@@H](O)c2cccc(Br)c2)c1. The number of hydrogen-bond acceptors (Lipinski definition) is 1. The summed E-state index contributed by atoms with van der Waals surface area (Å²) in [6.07, 6.45) is -0.563. The third-order valence-corrected chi connectivity index (χ3v) is 3.39. The van der Waals surface area contributed by atoms with E-state index in [4.69, 9.17) is 0 Å². The fourth-order valence-electron chi connectivity index (χ4n) is 1.91. The van der Waals surface area contributed by atoms with Crippen molar-refractivity contribution in [3.05, 3.63) is 69.2 Å². The molecule has 0 saturated heterocycles. The van der Waals surface area contributed by atoms with Crippen LogP contribution in [-0.4, -0.2) is 5.11 Å². The lowest BCUT2D eigenvalue weighted by Crippen LogP contribution is -2.02. The van der Waals surface area contributed by atoms with E-state index < -0.39 is 6.10 Å². The Labute approximate surface area is 110 Å². The highest BCUT2D eigenvalue weighted by molar-refractivity contribution is 9.10. The van der Waals surface area contributed by atoms with Crippen molar-refractivity contribution in [1.29, 1.82) is 0 Å². The molecule has 2 aromatic rings. The number of hydrogen-bond donors (Lipinski definition) is 1. The molecule has 17 heavy (non-hydrogen) atoms. The Hall–Kier alpha value is -1.12. The molecule has 0 radical (unpaired) electrons. The van der Waals surface area contributed by atoms with Crippen molar-refractivity contribution in [2.24, 2.45) is 0 Å². The van der Waals surface area contributed by atoms with Crippen molar-refractivity contribution in [2.45, 2.75) is 20.0 Å². The molecule has 0 aliphatic rings. The lowest BCUT2D eigenvalue weighted by Gasteiger charge is -2.15. The van der Waals surface area contributed by atoms with Crippen LogP contribution in [0.3, 0.4) is 0 Å². The van der Waals surface area contributed by atoms with Crippen LogP contribution in [0.25, 0.3) is 0 Å². The van der Waals surface area contributed by atoms with E-state index in [1.165, 1.54) is 5.56 Å². The minimum Gasteiger partial charge on any atom is -0.384 e. The molecule has 0 amide bonds. The summed E-state index contributed by atoms with van der Waals surface area (Å²) in [5.74, 6) is 0. The highest BCUT2D eigenvalue weighted by atomic mass is 79.9. The van der Waals surface area contributed by atoms with Gasteiger partial charge in [0.25, 0.3) is 0 Å². The van der Waals surface area contributed by atoms with Crippen molar-refractivity contribution in [3.8, 4) is 0 Å². The predicted octanol–water partition coefficient (Wildman–Crippen LogP) is 4.15. The van der Waals surface area contributed by atoms with Gasteiger partial charge in [-0.2, -0.15) is 0 Å². The lowest BCUT2D eigenvalue weighted by atomic mass is 9.96. The number of rotatable bonds is 2. The van der Waals surface area contributed by atoms with Crippen molar-refractivity contribution in [2.75, 3.05) is 0 Å². The zero-order chi connectivity index (χ0) is 12.4. The van der Waals surface area contributed by atoms with Gasteiger partial charge in [-0.15, -0.1) is 0 Å². The summed E-state index contributed by atoms with van der Waals surface area (Å²) in [5.41, 5.74) is 4.17. The molecule has 0 unspecified atom stereocenters. The summed E-state index contributed by atoms with van der Waals surface area (Å²) in [5, 5.41) is 10.4. The van der Waals surface area contributed by atoms with E-state index in [0.717, 1.165) is 21.2 Å². The van der Waals surface area contributed by atoms with Gasteiger partial charge in [0.15, 0.2) is 0 Å². The Bertz CT molecular complexity index is 534. The molecule has 2 heteroatoms. The van der Waals surface area contributed by atoms with Gasteiger partial charge >= 0.3 is 0 Å². The zero-order valence-corrected chi connectivity index (χ0v) is 11.5. The van der Waals surface area contributed by atoms with Crippen LogP contribution >= 0.6 is 15.9 Å². The second kappa shape index (κ2) is 5.03. The van der Waals surface area contributed by atoms with E-state index >= 15 is 0 Å². The number of aliphatic hydroxyl groups is 1. The standard InChI is InChI=1S/C15H15BrO/c1-10-6-7-11(2)14(8-10)15(17)12-4-3-5-13(16)9-12/h3-9,15,17H,1-2H3/t15-/m0/s1. The molecule has 2 rings (SSSR count). The van der Waals surface area contributed by atoms with Crippen LogP contribution in [0.5, 0.6) is 0 Å². The second-order valence-corrected chi connectivity index (χ2v) is 5.23. The molecule has 0 aromatic heterocycles. The Morgan fingerprint density at radius 2 is 1.82 bits per heavy atom. The van der Waals surface area contributed by atoms with Crippen molar-refractivity contribution in [3.63, 3.8) is 0 Å². The minimum absolute atomic E-state index is 0.563. The molecule has 0 aliphatic carbocycles. The Morgan fingerprint density at radius 1 is 1.06 bits per heavy atom. The highest BCUT2D eigenvalue weighted by Gasteiger charge is 2.13. The molecule has 1 atom stereocenters. The molecule has 0 bridgehead atoms. The first-order chi connectivity index (χ1) is 8.08. The first-order valence-electron chi connectivity index (χ1n) is 5.58. The lowest BCUT2D eigenvalue weighted by molar-refractivity contribution is 0.219. The Morgan fingerprint density at radius 3 is 2.53 bits per heavy atom. The molecule has 2 aromatic carbocycles. The van der Waals surface area contributed by atoms with E-state index in [1.807, 2.05) is 50.2 Å². The number of aliphatic hydroxyl groups excluding tert-OH is 1. The van der Waals surface area contributed by atoms with E-state index in [2.05, 4.69) is 22.0 Å². The predicted molar refractivity (Wildman–Crippen MR) is 74.1 cm³/mol. The summed E-state index contributed by atoms with van der Waals surface area (Å²) >= 11 is 3.42. The van der Waals surface area contributed by atoms with Crippen LogP contribution < -0.4 is 0 Å². The summed E-state index contributed by atoms with van der Waals surface area (Å²) in [6.45, 7) is 4.06. The fourth-order valence-corrected chi connectivity index (χ4v) is 2.33. The first-order valence-corrected chi connectivity index (χ1v) is 6.38. The quantitative estimate of drug-likeness (QED) is 0.881. The van der Waals surface area contributed by atoms with Crippen LogP contribution in [0.4, 0.5) is 0 Å². The molecule has 0 heterocycles. The van der Waals surface area contributed by atoms with Crippen molar-refractivity contribution in [1.82, 2.24) is 0 Å². The van der Waals surface area contributed by atoms with Gasteiger partial charge in [0, 0.05) is 4.47 Å². The van der Waals surface area contributed by atoms with Crippen LogP contribution in [0.2, 0.25) is 0 Å². The van der Waals surface area contributed by atoms with Crippen molar-refractivity contribution < 1.29 is 5.11 Å². The van der Waals surface area contributed by atoms with Crippen LogP contribution in [-0.2, 0) is 0 Å². The number of benzene rings is 2. The molecule has 0 fully saturated rings. The maximum Gasteiger partial charge on any atom is 0.104 e. The normalized spacial score (nSPS) is 12.5. The fraction of sp³-hybridized carbons (Fsp3) is 0.200. The van der Waals surface area contributed by atoms with Crippen LogP contribution in [0, 0.1) is 13.8 Å². The highest BCUT2D eigenvalue weighted by Crippen LogP contribution is 2.27. The molecule has 1 N–H and O–H groups in total. The average Bonchev–Trinajstić information content (AvgIpc) is 2.31. The number of halogens is 1. The summed E-state index contributed by atoms with van der Waals surface area (Å²) in [4.78, 5) is 0. The average molecular weight is 291 g/mol. The van der Waals surface area contributed by atoms with Gasteiger partial charge in [0.1, 0.15) is 6.10 Å². The zero-order valence-electron chi connectivity index (χ0n) is 9.94. The van der Waals surface area contributed by atoms with E-state index in [-0.39, 0.29) is 0 Å². The third-order valence-electron chi connectivity index (χ3n) is 2.89. The third kappa shape index (κ3) is 2.76. The Balaban J connectivity index is 2.43. The molecule has 1 nitrogen and oxygen atoms in total. The van der Waals surface area contributed by atoms with Crippen molar-refractivity contribution >= 4 is 15.9 Å². The van der Waals surface area contributed by atoms with Gasteiger partial charge in [0.2, 0.25) is 0 Å². The van der Waals surface area contributed by atoms with E-state index in [1.54, 1.807) is 0 Å². The monoisotopic (exact) mass is 290 g/mol. The maximum absolute atomic E-state index is 10.4. The molecule has 0 saturated carbocycles. The van der Waals surface area contributed by atoms with Gasteiger partial charge in [0.05, 0.1) is 0 Å². The molecular formula is C15H15BrO. The van der Waals surface area contributed by atoms with E-state index in [9.17, 15) is 5.11 Å². The summed E-state index contributed by atoms with van der Waals surface area (Å²) in [6, 6.07) is 13.9. The maximum atomic E-state index is 10.4. The van der Waals surface area contributed by atoms with Crippen LogP contribution in [0.15, 0.2) is 46.9 Å². The van der Waals surface area contributed by atoms with Gasteiger partial charge < -0.3 is 5.11 Å². The smallest absolute Gasteiger partial charge is 0.104 e. The van der Waals surface area contributed by atoms with Gasteiger partial charge in [-0.3, -0.25) is 0 Å². The number of aryl methyl sites for hydroxylation is 2. The minimum atomic E-state index is -0.563. The summed E-state index contributed by atoms with van der Waals surface area (Å²) < 4.78 is 0.986. The van der Waals surface area contributed by atoms with Crippen LogP contribution in [0.1, 0.15) is 28.4 Å². The molecule has 0 spiro atoms.